The summed E-state index contributed by atoms with van der Waals surface area (Å²) in [7, 11) is 0. The van der Waals surface area contributed by atoms with E-state index in [-0.39, 0.29) is 6.61 Å². The van der Waals surface area contributed by atoms with E-state index in [9.17, 15) is 9.00 Å². The molecule has 0 aliphatic rings. The Kier molecular flexibility index (Phi) is 5.62. The van der Waals surface area contributed by atoms with Gasteiger partial charge in [0.1, 0.15) is 12.4 Å². The molecule has 0 aliphatic heterocycles. The van der Waals surface area contributed by atoms with E-state index in [1.54, 1.807) is 18.2 Å². The maximum Gasteiger partial charge on any atom is 0.302 e. The van der Waals surface area contributed by atoms with Gasteiger partial charge in [-0.3, -0.25) is 13.5 Å². The Morgan fingerprint density at radius 2 is 1.81 bits per heavy atom. The summed E-state index contributed by atoms with van der Waals surface area (Å²) < 4.78 is 29.2. The zero-order valence-corrected chi connectivity index (χ0v) is 11.9. The number of ether oxygens (including phenoxy) is 1. The van der Waals surface area contributed by atoms with E-state index in [4.69, 9.17) is 9.29 Å². The summed E-state index contributed by atoms with van der Waals surface area (Å²) >= 11 is -2.33. The molecule has 0 spiro atoms. The van der Waals surface area contributed by atoms with Crippen molar-refractivity contribution in [2.24, 2.45) is 0 Å². The van der Waals surface area contributed by atoms with Crippen LogP contribution in [0.25, 0.3) is 0 Å². The van der Waals surface area contributed by atoms with Crippen molar-refractivity contribution in [1.82, 2.24) is 0 Å². The highest BCUT2D eigenvalue weighted by Gasteiger charge is 2.06. The lowest BCUT2D eigenvalue weighted by Crippen LogP contribution is -2.00. The summed E-state index contributed by atoms with van der Waals surface area (Å²) in [5.74, 6) is 0.461. The number of rotatable bonds is 7. The predicted octanol–water partition coefficient (Wildman–Crippen LogP) is 2.73. The summed E-state index contributed by atoms with van der Waals surface area (Å²) in [5, 5.41) is 0. The first-order valence-corrected chi connectivity index (χ1v) is 7.21. The Bertz CT molecular complexity index is 627. The van der Waals surface area contributed by atoms with Crippen molar-refractivity contribution >= 4 is 17.6 Å². The monoisotopic (exact) mass is 306 g/mol. The van der Waals surface area contributed by atoms with Gasteiger partial charge in [-0.05, 0) is 23.3 Å². The third kappa shape index (κ3) is 4.78. The molecule has 0 saturated heterocycles. The first-order valence-electron chi connectivity index (χ1n) is 6.18. The Labute approximate surface area is 125 Å². The fourth-order valence-electron chi connectivity index (χ4n) is 1.77. The molecule has 2 aromatic rings. The average molecular weight is 306 g/mol. The minimum atomic E-state index is -2.33. The van der Waals surface area contributed by atoms with Crippen molar-refractivity contribution in [2.45, 2.75) is 13.2 Å². The summed E-state index contributed by atoms with van der Waals surface area (Å²) in [5.41, 5.74) is 1.99. The number of hydrogen-bond acceptors (Lipinski definition) is 4. The summed E-state index contributed by atoms with van der Waals surface area (Å²) in [6.07, 6.45) is 0.680. The van der Waals surface area contributed by atoms with E-state index in [1.165, 1.54) is 0 Å². The first kappa shape index (κ1) is 15.4. The van der Waals surface area contributed by atoms with E-state index in [0.29, 0.717) is 29.8 Å². The SMILES string of the molecule is O=Cc1cc(COS(=O)O)ccc1OCc1ccccc1. The molecule has 5 nitrogen and oxygen atoms in total. The Morgan fingerprint density at radius 3 is 2.48 bits per heavy atom. The average Bonchev–Trinajstić information content (AvgIpc) is 2.52. The van der Waals surface area contributed by atoms with Gasteiger partial charge in [-0.25, -0.2) is 0 Å². The molecule has 0 fully saturated rings. The smallest absolute Gasteiger partial charge is 0.302 e. The largest absolute Gasteiger partial charge is 0.488 e. The molecule has 21 heavy (non-hydrogen) atoms. The third-order valence-corrected chi connectivity index (χ3v) is 3.08. The molecule has 0 amide bonds. The quantitative estimate of drug-likeness (QED) is 0.629. The molecule has 110 valence electrons. The van der Waals surface area contributed by atoms with Crippen molar-refractivity contribution < 1.29 is 22.5 Å². The number of aldehydes is 1. The van der Waals surface area contributed by atoms with Crippen LogP contribution in [0.2, 0.25) is 0 Å². The van der Waals surface area contributed by atoms with Crippen molar-refractivity contribution in [2.75, 3.05) is 0 Å². The number of carbonyl (C=O) groups excluding carboxylic acids is 1. The van der Waals surface area contributed by atoms with Crippen LogP contribution < -0.4 is 4.74 Å². The van der Waals surface area contributed by atoms with E-state index in [1.807, 2.05) is 30.3 Å². The van der Waals surface area contributed by atoms with Crippen LogP contribution in [-0.2, 0) is 28.8 Å². The normalized spacial score (nSPS) is 11.9. The number of carbonyl (C=O) groups is 1. The van der Waals surface area contributed by atoms with Crippen LogP contribution >= 0.6 is 0 Å². The van der Waals surface area contributed by atoms with Gasteiger partial charge in [0.25, 0.3) is 0 Å². The second kappa shape index (κ2) is 7.68. The molecule has 0 aromatic heterocycles. The molecular formula is C15H14O5S. The Hall–Kier alpha value is -2.02. The second-order valence-corrected chi connectivity index (χ2v) is 4.91. The first-order chi connectivity index (χ1) is 10.2. The lowest BCUT2D eigenvalue weighted by Gasteiger charge is -2.10. The van der Waals surface area contributed by atoms with Gasteiger partial charge in [0.2, 0.25) is 0 Å². The van der Waals surface area contributed by atoms with Gasteiger partial charge in [0.15, 0.2) is 6.29 Å². The van der Waals surface area contributed by atoms with E-state index in [0.717, 1.165) is 5.56 Å². The van der Waals surface area contributed by atoms with Gasteiger partial charge in [-0.2, -0.15) is 4.21 Å². The number of hydrogen-bond donors (Lipinski definition) is 1. The highest BCUT2D eigenvalue weighted by molar-refractivity contribution is 7.74. The molecule has 0 bridgehead atoms. The highest BCUT2D eigenvalue weighted by Crippen LogP contribution is 2.20. The Balaban J connectivity index is 2.05. The van der Waals surface area contributed by atoms with E-state index >= 15 is 0 Å². The summed E-state index contributed by atoms with van der Waals surface area (Å²) in [4.78, 5) is 11.1. The van der Waals surface area contributed by atoms with Crippen molar-refractivity contribution in [3.05, 3.63) is 65.2 Å². The fourth-order valence-corrected chi connectivity index (χ4v) is 2.00. The fraction of sp³-hybridized carbons (Fsp3) is 0.133. The third-order valence-electron chi connectivity index (χ3n) is 2.76. The zero-order valence-electron chi connectivity index (χ0n) is 11.1. The minimum absolute atomic E-state index is 0.0527. The Morgan fingerprint density at radius 1 is 1.05 bits per heavy atom. The van der Waals surface area contributed by atoms with E-state index in [2.05, 4.69) is 4.18 Å². The van der Waals surface area contributed by atoms with Crippen LogP contribution in [0.4, 0.5) is 0 Å². The van der Waals surface area contributed by atoms with Crippen LogP contribution in [0.15, 0.2) is 48.5 Å². The van der Waals surface area contributed by atoms with Crippen LogP contribution in [0, 0.1) is 0 Å². The molecular weight excluding hydrogens is 292 g/mol. The maximum atomic E-state index is 11.1. The van der Waals surface area contributed by atoms with Crippen LogP contribution in [-0.4, -0.2) is 15.0 Å². The number of benzene rings is 2. The molecule has 0 radical (unpaired) electrons. The lowest BCUT2D eigenvalue weighted by molar-refractivity contribution is 0.111. The van der Waals surface area contributed by atoms with Gasteiger partial charge in [0.05, 0.1) is 12.2 Å². The zero-order chi connectivity index (χ0) is 15.1. The molecule has 0 saturated carbocycles. The molecule has 0 aliphatic carbocycles. The van der Waals surface area contributed by atoms with Gasteiger partial charge in [-0.15, -0.1) is 0 Å². The van der Waals surface area contributed by atoms with Gasteiger partial charge < -0.3 is 4.74 Å². The molecule has 6 heteroatoms. The topological polar surface area (TPSA) is 72.8 Å². The predicted molar refractivity (Wildman–Crippen MR) is 78.2 cm³/mol. The lowest BCUT2D eigenvalue weighted by atomic mass is 10.1. The molecule has 2 aromatic carbocycles. The van der Waals surface area contributed by atoms with Crippen molar-refractivity contribution in [3.63, 3.8) is 0 Å². The van der Waals surface area contributed by atoms with Gasteiger partial charge >= 0.3 is 11.4 Å². The second-order valence-electron chi connectivity index (χ2n) is 4.24. The van der Waals surface area contributed by atoms with Crippen LogP contribution in [0.3, 0.4) is 0 Å². The standard InChI is InChI=1S/C15H14O5S/c16-9-14-8-13(11-20-21(17)18)6-7-15(14)19-10-12-4-2-1-3-5-12/h1-9H,10-11H2,(H,17,18). The molecule has 1 unspecified atom stereocenters. The molecule has 0 heterocycles. The van der Waals surface area contributed by atoms with Crippen LogP contribution in [0.5, 0.6) is 5.75 Å². The highest BCUT2D eigenvalue weighted by atomic mass is 32.2. The maximum absolute atomic E-state index is 11.1. The van der Waals surface area contributed by atoms with E-state index < -0.39 is 11.4 Å². The van der Waals surface area contributed by atoms with Crippen molar-refractivity contribution in [1.29, 1.82) is 0 Å². The van der Waals surface area contributed by atoms with Gasteiger partial charge in [-0.1, -0.05) is 36.4 Å². The molecule has 2 rings (SSSR count). The van der Waals surface area contributed by atoms with Crippen molar-refractivity contribution in [3.8, 4) is 5.75 Å². The summed E-state index contributed by atoms with van der Waals surface area (Å²) in [6, 6.07) is 14.5. The molecule has 1 atom stereocenters. The minimum Gasteiger partial charge on any atom is -0.488 e. The summed E-state index contributed by atoms with van der Waals surface area (Å²) in [6.45, 7) is 0.307. The van der Waals surface area contributed by atoms with Gasteiger partial charge in [0, 0.05) is 0 Å². The van der Waals surface area contributed by atoms with Crippen LogP contribution in [0.1, 0.15) is 21.5 Å². The molecule has 1 N–H and O–H groups in total.